The van der Waals surface area contributed by atoms with Crippen LogP contribution >= 0.6 is 0 Å². The molecule has 2 aromatic rings. The molecule has 0 saturated carbocycles. The van der Waals surface area contributed by atoms with Crippen molar-refractivity contribution in [2.24, 2.45) is 0 Å². The molecule has 1 aromatic carbocycles. The van der Waals surface area contributed by atoms with Gasteiger partial charge in [0.2, 0.25) is 5.75 Å². The second-order valence-corrected chi connectivity index (χ2v) is 9.52. The molecule has 0 spiro atoms. The third-order valence-electron chi connectivity index (χ3n) is 6.10. The van der Waals surface area contributed by atoms with Crippen molar-refractivity contribution in [3.05, 3.63) is 62.0 Å². The lowest BCUT2D eigenvalue weighted by atomic mass is 10.1. The molecule has 1 heterocycles. The van der Waals surface area contributed by atoms with Gasteiger partial charge in [0.05, 0.1) is 17.0 Å². The summed E-state index contributed by atoms with van der Waals surface area (Å²) in [4.78, 5) is 24.6. The Morgan fingerprint density at radius 2 is 1.75 bits per heavy atom. The molecule has 36 heavy (non-hydrogen) atoms. The summed E-state index contributed by atoms with van der Waals surface area (Å²) in [5.74, 6) is 0.557. The van der Waals surface area contributed by atoms with E-state index in [4.69, 9.17) is 9.47 Å². The Morgan fingerprint density at radius 3 is 2.42 bits per heavy atom. The first kappa shape index (κ1) is 29.1. The minimum Gasteiger partial charge on any atom is -0.485 e. The normalized spacial score (nSPS) is 11.5. The lowest BCUT2D eigenvalue weighted by molar-refractivity contribution is -0.384. The average Bonchev–Trinajstić information content (AvgIpc) is 2.84. The molecule has 0 unspecified atom stereocenters. The topological polar surface area (TPSA) is 83.6 Å². The number of fused-ring (bicyclic) bond motifs is 1. The minimum atomic E-state index is -0.439. The molecular weight excluding hydrogens is 456 g/mol. The largest absolute Gasteiger partial charge is 0.485 e. The van der Waals surface area contributed by atoms with Crippen LogP contribution in [0.5, 0.6) is 11.5 Å². The van der Waals surface area contributed by atoms with Gasteiger partial charge in [-0.05, 0) is 58.6 Å². The monoisotopic (exact) mass is 498 g/mol. The molecule has 0 fully saturated rings. The highest BCUT2D eigenvalue weighted by Gasteiger charge is 2.21. The summed E-state index contributed by atoms with van der Waals surface area (Å²) >= 11 is 0. The van der Waals surface area contributed by atoms with Gasteiger partial charge in [-0.15, -0.1) is 0 Å². The summed E-state index contributed by atoms with van der Waals surface area (Å²) in [5.41, 5.74) is 2.64. The summed E-state index contributed by atoms with van der Waals surface area (Å²) in [6, 6.07) is 4.58. The van der Waals surface area contributed by atoms with Crippen LogP contribution in [0.1, 0.15) is 86.0 Å². The van der Waals surface area contributed by atoms with Crippen molar-refractivity contribution in [2.75, 3.05) is 13.2 Å². The number of nitrogens with zero attached hydrogens (tertiary/aromatic N) is 2. The molecule has 7 nitrogen and oxygen atoms in total. The van der Waals surface area contributed by atoms with Gasteiger partial charge in [0, 0.05) is 24.1 Å². The van der Waals surface area contributed by atoms with Crippen LogP contribution in [0.3, 0.4) is 0 Å². The maximum Gasteiger partial charge on any atom is 0.297 e. The van der Waals surface area contributed by atoms with E-state index in [0.29, 0.717) is 29.8 Å². The van der Waals surface area contributed by atoms with Crippen molar-refractivity contribution in [3.63, 3.8) is 0 Å². The van der Waals surface area contributed by atoms with Gasteiger partial charge in [0.15, 0.2) is 5.75 Å². The van der Waals surface area contributed by atoms with E-state index in [0.717, 1.165) is 51.4 Å². The van der Waals surface area contributed by atoms with Crippen LogP contribution in [-0.4, -0.2) is 22.7 Å². The number of non-ortho nitro benzene ring substituents is 1. The van der Waals surface area contributed by atoms with E-state index in [-0.39, 0.29) is 23.6 Å². The van der Waals surface area contributed by atoms with Gasteiger partial charge in [0.1, 0.15) is 6.61 Å². The fraction of sp³-hybridized carbons (Fsp3) is 0.552. The third kappa shape index (κ3) is 8.54. The Hall–Kier alpha value is -3.09. The fourth-order valence-corrected chi connectivity index (χ4v) is 3.97. The first-order valence-electron chi connectivity index (χ1n) is 13.2. The van der Waals surface area contributed by atoms with Crippen LogP contribution < -0.4 is 15.0 Å². The van der Waals surface area contributed by atoms with Crippen LogP contribution in [0.2, 0.25) is 0 Å². The first-order chi connectivity index (χ1) is 17.3. The number of aryl methyl sites for hydroxylation is 1. The summed E-state index contributed by atoms with van der Waals surface area (Å²) in [6.07, 6.45) is 11.9. The molecule has 0 radical (unpaired) electrons. The van der Waals surface area contributed by atoms with Crippen molar-refractivity contribution >= 4 is 16.6 Å². The number of pyridine rings is 1. The first-order valence-corrected chi connectivity index (χ1v) is 13.2. The van der Waals surface area contributed by atoms with E-state index in [1.54, 1.807) is 10.6 Å². The number of ether oxygens (including phenoxy) is 2. The van der Waals surface area contributed by atoms with Gasteiger partial charge in [-0.1, -0.05) is 56.8 Å². The summed E-state index contributed by atoms with van der Waals surface area (Å²) < 4.78 is 13.8. The minimum absolute atomic E-state index is 0.0543. The number of rotatable bonds is 16. The molecule has 0 saturated heterocycles. The molecule has 198 valence electrons. The zero-order chi connectivity index (χ0) is 26.5. The van der Waals surface area contributed by atoms with Crippen LogP contribution in [0.4, 0.5) is 5.69 Å². The predicted octanol–water partition coefficient (Wildman–Crippen LogP) is 7.74. The molecule has 2 rings (SSSR count). The standard InChI is InChI=1S/C29H42N2O5/c1-6-8-10-11-19-35-28-27(36-20-17-23(5)14-12-13-22(3)4)25-16-15-24(31(33)34)21-26(25)30(29(28)32)18-9-7-2/h13,15-17,21H,6-12,14,18-20H2,1-5H3. The molecule has 0 atom stereocenters. The number of unbranched alkanes of at least 4 members (excludes halogenated alkanes) is 4. The van der Waals surface area contributed by atoms with Gasteiger partial charge in [-0.25, -0.2) is 0 Å². The summed E-state index contributed by atoms with van der Waals surface area (Å²) in [6.45, 7) is 11.6. The SMILES string of the molecule is CCCCCCOc1c(OCC=C(C)CCC=C(C)C)c2ccc([N+](=O)[O-])cc2n(CCCC)c1=O. The number of allylic oxidation sites excluding steroid dienone is 3. The van der Waals surface area contributed by atoms with Gasteiger partial charge in [0.25, 0.3) is 11.2 Å². The zero-order valence-corrected chi connectivity index (χ0v) is 22.6. The Balaban J connectivity index is 2.48. The Kier molecular flexibility index (Phi) is 12.2. The van der Waals surface area contributed by atoms with Crippen molar-refractivity contribution in [1.29, 1.82) is 0 Å². The second-order valence-electron chi connectivity index (χ2n) is 9.52. The molecule has 0 N–H and O–H groups in total. The highest BCUT2D eigenvalue weighted by Crippen LogP contribution is 2.35. The summed E-state index contributed by atoms with van der Waals surface area (Å²) in [5, 5.41) is 12.1. The van der Waals surface area contributed by atoms with E-state index in [1.165, 1.54) is 23.3 Å². The van der Waals surface area contributed by atoms with E-state index < -0.39 is 4.92 Å². The van der Waals surface area contributed by atoms with Gasteiger partial charge < -0.3 is 14.0 Å². The lowest BCUT2D eigenvalue weighted by Gasteiger charge is -2.18. The van der Waals surface area contributed by atoms with Crippen LogP contribution in [-0.2, 0) is 6.54 Å². The predicted molar refractivity (Wildman–Crippen MR) is 147 cm³/mol. The van der Waals surface area contributed by atoms with Crippen molar-refractivity contribution in [3.8, 4) is 11.5 Å². The van der Waals surface area contributed by atoms with Gasteiger partial charge in [-0.2, -0.15) is 0 Å². The third-order valence-corrected chi connectivity index (χ3v) is 6.10. The Morgan fingerprint density at radius 1 is 1.00 bits per heavy atom. The van der Waals surface area contributed by atoms with Gasteiger partial charge >= 0.3 is 0 Å². The smallest absolute Gasteiger partial charge is 0.297 e. The van der Waals surface area contributed by atoms with Crippen LogP contribution in [0.15, 0.2) is 46.3 Å². The molecule has 7 heteroatoms. The van der Waals surface area contributed by atoms with Crippen molar-refractivity contribution < 1.29 is 14.4 Å². The highest BCUT2D eigenvalue weighted by atomic mass is 16.6. The maximum atomic E-state index is 13.6. The number of nitro groups is 1. The quantitative estimate of drug-likeness (QED) is 0.102. The molecular formula is C29H42N2O5. The van der Waals surface area contributed by atoms with Crippen molar-refractivity contribution in [1.82, 2.24) is 4.57 Å². The fourth-order valence-electron chi connectivity index (χ4n) is 3.97. The van der Waals surface area contributed by atoms with Crippen molar-refractivity contribution in [2.45, 2.75) is 92.5 Å². The highest BCUT2D eigenvalue weighted by molar-refractivity contribution is 5.89. The molecule has 0 amide bonds. The van der Waals surface area contributed by atoms with E-state index in [2.05, 4.69) is 33.8 Å². The number of hydrogen-bond donors (Lipinski definition) is 0. The number of aromatic nitrogens is 1. The lowest BCUT2D eigenvalue weighted by Crippen LogP contribution is -2.24. The Labute approximate surface area is 215 Å². The number of hydrogen-bond acceptors (Lipinski definition) is 5. The average molecular weight is 499 g/mol. The molecule has 1 aromatic heterocycles. The summed E-state index contributed by atoms with van der Waals surface area (Å²) in [7, 11) is 0. The van der Waals surface area contributed by atoms with Crippen LogP contribution in [0, 0.1) is 10.1 Å². The second kappa shape index (κ2) is 15.1. The van der Waals surface area contributed by atoms with E-state index in [9.17, 15) is 14.9 Å². The molecule has 0 aliphatic carbocycles. The number of nitro benzene ring substituents is 1. The maximum absolute atomic E-state index is 13.6. The Bertz CT molecular complexity index is 1130. The number of benzene rings is 1. The van der Waals surface area contributed by atoms with E-state index >= 15 is 0 Å². The van der Waals surface area contributed by atoms with Gasteiger partial charge in [-0.3, -0.25) is 14.9 Å². The molecule has 0 aliphatic heterocycles. The molecule has 0 aliphatic rings. The zero-order valence-electron chi connectivity index (χ0n) is 22.6. The van der Waals surface area contributed by atoms with E-state index in [1.807, 2.05) is 13.0 Å². The van der Waals surface area contributed by atoms with Crippen LogP contribution in [0.25, 0.3) is 10.9 Å². The molecule has 0 bridgehead atoms.